The highest BCUT2D eigenvalue weighted by molar-refractivity contribution is 5.47. The van der Waals surface area contributed by atoms with Crippen LogP contribution in [0.1, 0.15) is 18.1 Å². The number of benzene rings is 2. The highest BCUT2D eigenvalue weighted by Gasteiger charge is 2.00. The van der Waals surface area contributed by atoms with Gasteiger partial charge in [0, 0.05) is 12.2 Å². The van der Waals surface area contributed by atoms with E-state index in [0.717, 1.165) is 29.3 Å². The van der Waals surface area contributed by atoms with Gasteiger partial charge in [0.2, 0.25) is 0 Å². The van der Waals surface area contributed by atoms with E-state index in [9.17, 15) is 0 Å². The fourth-order valence-corrected chi connectivity index (χ4v) is 2.09. The number of hydrogen-bond donors (Lipinski definition) is 1. The molecule has 0 aliphatic rings. The monoisotopic (exact) mass is 271 g/mol. The van der Waals surface area contributed by atoms with Gasteiger partial charge in [0.25, 0.3) is 0 Å². The zero-order valence-electron chi connectivity index (χ0n) is 12.3. The van der Waals surface area contributed by atoms with E-state index in [1.807, 2.05) is 37.3 Å². The lowest BCUT2D eigenvalue weighted by molar-refractivity contribution is 0.340. The molecule has 0 amide bonds. The molecular weight excluding hydrogens is 250 g/mol. The average molecular weight is 271 g/mol. The van der Waals surface area contributed by atoms with Gasteiger partial charge in [-0.1, -0.05) is 12.1 Å². The first kappa shape index (κ1) is 14.3. The number of aryl methyl sites for hydroxylation is 1. The molecule has 0 saturated heterocycles. The van der Waals surface area contributed by atoms with Crippen LogP contribution in [0.3, 0.4) is 0 Å². The fourth-order valence-electron chi connectivity index (χ4n) is 2.09. The summed E-state index contributed by atoms with van der Waals surface area (Å²) in [4.78, 5) is 0. The first-order valence-corrected chi connectivity index (χ1v) is 6.83. The predicted octanol–water partition coefficient (Wildman–Crippen LogP) is 4.01. The largest absolute Gasteiger partial charge is 0.496 e. The van der Waals surface area contributed by atoms with E-state index in [1.165, 1.54) is 5.56 Å². The molecule has 0 heterocycles. The number of hydrogen-bond acceptors (Lipinski definition) is 3. The minimum Gasteiger partial charge on any atom is -0.496 e. The van der Waals surface area contributed by atoms with Crippen molar-refractivity contribution in [3.63, 3.8) is 0 Å². The molecule has 20 heavy (non-hydrogen) atoms. The van der Waals surface area contributed by atoms with Crippen LogP contribution in [0, 0.1) is 6.92 Å². The summed E-state index contributed by atoms with van der Waals surface area (Å²) in [7, 11) is 1.69. The van der Waals surface area contributed by atoms with Crippen molar-refractivity contribution >= 4 is 5.69 Å². The first-order valence-electron chi connectivity index (χ1n) is 6.83. The van der Waals surface area contributed by atoms with E-state index in [2.05, 4.69) is 24.4 Å². The van der Waals surface area contributed by atoms with E-state index in [0.29, 0.717) is 6.61 Å². The van der Waals surface area contributed by atoms with Crippen molar-refractivity contribution in [1.29, 1.82) is 0 Å². The molecule has 106 valence electrons. The van der Waals surface area contributed by atoms with Crippen LogP contribution >= 0.6 is 0 Å². The van der Waals surface area contributed by atoms with Crippen LogP contribution in [-0.2, 0) is 6.54 Å². The lowest BCUT2D eigenvalue weighted by Gasteiger charge is -2.10. The Bertz CT molecular complexity index is 549. The average Bonchev–Trinajstić information content (AvgIpc) is 2.47. The molecule has 2 rings (SSSR count). The van der Waals surface area contributed by atoms with Crippen molar-refractivity contribution in [2.24, 2.45) is 0 Å². The van der Waals surface area contributed by atoms with Crippen LogP contribution in [0.5, 0.6) is 11.5 Å². The molecule has 3 heteroatoms. The van der Waals surface area contributed by atoms with Crippen molar-refractivity contribution < 1.29 is 9.47 Å². The standard InChI is InChI=1S/C17H21NO2/c1-4-20-16-8-6-15(7-9-16)18-12-14-5-10-17(19-3)13(2)11-14/h5-11,18H,4,12H2,1-3H3. The Kier molecular flexibility index (Phi) is 4.88. The van der Waals surface area contributed by atoms with Gasteiger partial charge in [-0.2, -0.15) is 0 Å². The summed E-state index contributed by atoms with van der Waals surface area (Å²) in [5.74, 6) is 1.83. The smallest absolute Gasteiger partial charge is 0.121 e. The van der Waals surface area contributed by atoms with Gasteiger partial charge >= 0.3 is 0 Å². The fraction of sp³-hybridized carbons (Fsp3) is 0.294. The van der Waals surface area contributed by atoms with Gasteiger partial charge in [0.05, 0.1) is 13.7 Å². The van der Waals surface area contributed by atoms with Crippen LogP contribution in [0.4, 0.5) is 5.69 Å². The summed E-state index contributed by atoms with van der Waals surface area (Å²) in [6.07, 6.45) is 0. The maximum Gasteiger partial charge on any atom is 0.121 e. The molecule has 0 saturated carbocycles. The van der Waals surface area contributed by atoms with Crippen molar-refractivity contribution in [2.75, 3.05) is 19.0 Å². The first-order chi connectivity index (χ1) is 9.72. The number of nitrogens with one attached hydrogen (secondary N) is 1. The van der Waals surface area contributed by atoms with Crippen molar-refractivity contribution in [2.45, 2.75) is 20.4 Å². The minimum absolute atomic E-state index is 0.692. The second kappa shape index (κ2) is 6.85. The van der Waals surface area contributed by atoms with Crippen LogP contribution in [-0.4, -0.2) is 13.7 Å². The van der Waals surface area contributed by atoms with Gasteiger partial charge in [-0.05, 0) is 55.3 Å². The Hall–Kier alpha value is -2.16. The zero-order chi connectivity index (χ0) is 14.4. The van der Waals surface area contributed by atoms with Crippen LogP contribution < -0.4 is 14.8 Å². The molecule has 0 atom stereocenters. The summed E-state index contributed by atoms with van der Waals surface area (Å²) in [6, 6.07) is 14.2. The van der Waals surface area contributed by atoms with Crippen LogP contribution in [0.2, 0.25) is 0 Å². The molecule has 2 aromatic rings. The molecule has 0 aliphatic carbocycles. The topological polar surface area (TPSA) is 30.5 Å². The second-order valence-corrected chi connectivity index (χ2v) is 4.61. The molecule has 2 aromatic carbocycles. The number of anilines is 1. The van der Waals surface area contributed by atoms with Gasteiger partial charge in [-0.15, -0.1) is 0 Å². The van der Waals surface area contributed by atoms with Crippen LogP contribution in [0.25, 0.3) is 0 Å². The third-order valence-corrected chi connectivity index (χ3v) is 3.12. The SMILES string of the molecule is CCOc1ccc(NCc2ccc(OC)c(C)c2)cc1. The molecule has 0 spiro atoms. The predicted molar refractivity (Wildman–Crippen MR) is 82.7 cm³/mol. The maximum absolute atomic E-state index is 5.42. The number of rotatable bonds is 6. The molecule has 3 nitrogen and oxygen atoms in total. The van der Waals surface area contributed by atoms with E-state index in [-0.39, 0.29) is 0 Å². The molecule has 1 N–H and O–H groups in total. The molecule has 0 bridgehead atoms. The van der Waals surface area contributed by atoms with Crippen molar-refractivity contribution in [3.8, 4) is 11.5 Å². The molecule has 0 aliphatic heterocycles. The Morgan fingerprint density at radius 1 is 1.05 bits per heavy atom. The zero-order valence-corrected chi connectivity index (χ0v) is 12.3. The van der Waals surface area contributed by atoms with E-state index >= 15 is 0 Å². The molecule has 0 radical (unpaired) electrons. The highest BCUT2D eigenvalue weighted by atomic mass is 16.5. The molecule has 0 aromatic heterocycles. The lowest BCUT2D eigenvalue weighted by Crippen LogP contribution is -2.00. The number of methoxy groups -OCH3 is 1. The summed E-state index contributed by atoms with van der Waals surface area (Å²) in [5.41, 5.74) is 3.47. The Labute approximate surface area is 120 Å². The molecule has 0 fully saturated rings. The van der Waals surface area contributed by atoms with Gasteiger partial charge in [-0.25, -0.2) is 0 Å². The lowest BCUT2D eigenvalue weighted by atomic mass is 10.1. The molecular formula is C17H21NO2. The summed E-state index contributed by atoms with van der Waals surface area (Å²) in [5, 5.41) is 3.40. The van der Waals surface area contributed by atoms with E-state index in [1.54, 1.807) is 7.11 Å². The maximum atomic E-state index is 5.42. The van der Waals surface area contributed by atoms with E-state index in [4.69, 9.17) is 9.47 Å². The summed E-state index contributed by atoms with van der Waals surface area (Å²) in [6.45, 7) is 5.52. The Balaban J connectivity index is 1.96. The summed E-state index contributed by atoms with van der Waals surface area (Å²) < 4.78 is 10.7. The summed E-state index contributed by atoms with van der Waals surface area (Å²) >= 11 is 0. The Morgan fingerprint density at radius 3 is 2.40 bits per heavy atom. The van der Waals surface area contributed by atoms with E-state index < -0.39 is 0 Å². The second-order valence-electron chi connectivity index (χ2n) is 4.61. The third kappa shape index (κ3) is 3.67. The molecule has 0 unspecified atom stereocenters. The normalized spacial score (nSPS) is 10.2. The van der Waals surface area contributed by atoms with Gasteiger partial charge in [0.1, 0.15) is 11.5 Å². The minimum atomic E-state index is 0.692. The van der Waals surface area contributed by atoms with Gasteiger partial charge in [0.15, 0.2) is 0 Å². The van der Waals surface area contributed by atoms with Crippen molar-refractivity contribution in [3.05, 3.63) is 53.6 Å². The van der Waals surface area contributed by atoms with Gasteiger partial charge < -0.3 is 14.8 Å². The quantitative estimate of drug-likeness (QED) is 0.861. The third-order valence-electron chi connectivity index (χ3n) is 3.12. The van der Waals surface area contributed by atoms with Crippen LogP contribution in [0.15, 0.2) is 42.5 Å². The number of ether oxygens (including phenoxy) is 2. The van der Waals surface area contributed by atoms with Crippen molar-refractivity contribution in [1.82, 2.24) is 0 Å². The van der Waals surface area contributed by atoms with Gasteiger partial charge in [-0.3, -0.25) is 0 Å². The Morgan fingerprint density at radius 2 is 1.80 bits per heavy atom. The highest BCUT2D eigenvalue weighted by Crippen LogP contribution is 2.20.